The highest BCUT2D eigenvalue weighted by Gasteiger charge is 2.14. The summed E-state index contributed by atoms with van der Waals surface area (Å²) < 4.78 is 4.76. The van der Waals surface area contributed by atoms with Crippen LogP contribution in [0.2, 0.25) is 0 Å². The first-order chi connectivity index (χ1) is 10.0. The number of hydrogen-bond donors (Lipinski definition) is 1. The van der Waals surface area contributed by atoms with Crippen molar-refractivity contribution in [1.82, 2.24) is 5.32 Å². The van der Waals surface area contributed by atoms with Gasteiger partial charge in [-0.05, 0) is 29.9 Å². The maximum atomic E-state index is 11.5. The van der Waals surface area contributed by atoms with E-state index in [1.807, 2.05) is 0 Å². The molecule has 0 aliphatic rings. The Hall–Kier alpha value is -1.61. The Balaban J connectivity index is 2.63. The minimum atomic E-state index is -0.187. The molecule has 3 heteroatoms. The lowest BCUT2D eigenvalue weighted by Gasteiger charge is -2.17. The van der Waals surface area contributed by atoms with Crippen LogP contribution in [-0.2, 0) is 22.4 Å². The zero-order valence-corrected chi connectivity index (χ0v) is 13.4. The predicted molar refractivity (Wildman–Crippen MR) is 87.3 cm³/mol. The lowest BCUT2D eigenvalue weighted by molar-refractivity contribution is -0.141. The molecule has 1 unspecified atom stereocenters. The highest BCUT2D eigenvalue weighted by atomic mass is 16.5. The van der Waals surface area contributed by atoms with Crippen molar-refractivity contribution >= 4 is 5.97 Å². The molecule has 0 fully saturated rings. The summed E-state index contributed by atoms with van der Waals surface area (Å²) in [6.07, 6.45) is 4.08. The number of ether oxygens (including phenoxy) is 1. The quantitative estimate of drug-likeness (QED) is 0.560. The Morgan fingerprint density at radius 1 is 1.24 bits per heavy atom. The zero-order chi connectivity index (χ0) is 15.7. The minimum absolute atomic E-state index is 0.0754. The molecule has 21 heavy (non-hydrogen) atoms. The Labute approximate surface area is 128 Å². The second-order valence-corrected chi connectivity index (χ2v) is 5.79. The highest BCUT2D eigenvalue weighted by Crippen LogP contribution is 2.12. The van der Waals surface area contributed by atoms with Crippen LogP contribution in [-0.4, -0.2) is 25.7 Å². The second-order valence-electron chi connectivity index (χ2n) is 5.79. The molecule has 0 aromatic heterocycles. The van der Waals surface area contributed by atoms with Crippen LogP contribution in [0.4, 0.5) is 0 Å². The monoisotopic (exact) mass is 289 g/mol. The third-order valence-corrected chi connectivity index (χ3v) is 3.34. The summed E-state index contributed by atoms with van der Waals surface area (Å²) in [5, 5.41) is 3.31. The van der Waals surface area contributed by atoms with E-state index in [9.17, 15) is 4.79 Å². The van der Waals surface area contributed by atoms with E-state index < -0.39 is 0 Å². The number of esters is 1. The molecule has 0 radical (unpaired) electrons. The molecule has 1 rings (SSSR count). The standard InChI is InChI=1S/C18H27NO2/c1-5-10-19-17(13-18(20)21-4)12-16-8-6-15(7-9-16)11-14(2)3/h5-9,14,17,19H,1,10-13H2,2-4H3. The van der Waals surface area contributed by atoms with Gasteiger partial charge in [-0.3, -0.25) is 4.79 Å². The van der Waals surface area contributed by atoms with Gasteiger partial charge in [0, 0.05) is 12.6 Å². The number of carbonyl (C=O) groups is 1. The lowest BCUT2D eigenvalue weighted by Crippen LogP contribution is -2.33. The minimum Gasteiger partial charge on any atom is -0.469 e. The van der Waals surface area contributed by atoms with Gasteiger partial charge >= 0.3 is 5.97 Å². The van der Waals surface area contributed by atoms with Gasteiger partial charge in [-0.1, -0.05) is 44.2 Å². The number of carbonyl (C=O) groups excluding carboxylic acids is 1. The van der Waals surface area contributed by atoms with E-state index in [4.69, 9.17) is 4.74 Å². The number of benzene rings is 1. The first-order valence-electron chi connectivity index (χ1n) is 7.54. The molecular weight excluding hydrogens is 262 g/mol. The maximum Gasteiger partial charge on any atom is 0.307 e. The first kappa shape index (κ1) is 17.4. The van der Waals surface area contributed by atoms with E-state index in [2.05, 4.69) is 50.0 Å². The molecule has 0 spiro atoms. The normalized spacial score (nSPS) is 12.2. The maximum absolute atomic E-state index is 11.5. The van der Waals surface area contributed by atoms with E-state index in [-0.39, 0.29) is 12.0 Å². The fourth-order valence-electron chi connectivity index (χ4n) is 2.32. The molecule has 0 aliphatic carbocycles. The van der Waals surface area contributed by atoms with E-state index in [1.54, 1.807) is 6.08 Å². The van der Waals surface area contributed by atoms with Gasteiger partial charge < -0.3 is 10.1 Å². The van der Waals surface area contributed by atoms with Crippen molar-refractivity contribution in [1.29, 1.82) is 0 Å². The molecule has 0 saturated heterocycles. The fourth-order valence-corrected chi connectivity index (χ4v) is 2.32. The summed E-state index contributed by atoms with van der Waals surface area (Å²) >= 11 is 0. The van der Waals surface area contributed by atoms with Gasteiger partial charge in [-0.25, -0.2) is 0 Å². The van der Waals surface area contributed by atoms with Crippen molar-refractivity contribution in [2.24, 2.45) is 5.92 Å². The number of nitrogens with one attached hydrogen (secondary N) is 1. The van der Waals surface area contributed by atoms with E-state index in [0.29, 0.717) is 18.9 Å². The first-order valence-corrected chi connectivity index (χ1v) is 7.54. The average Bonchev–Trinajstić information content (AvgIpc) is 2.46. The number of rotatable bonds is 9. The molecule has 1 aromatic carbocycles. The van der Waals surface area contributed by atoms with Crippen LogP contribution in [0.3, 0.4) is 0 Å². The van der Waals surface area contributed by atoms with Crippen molar-refractivity contribution in [3.8, 4) is 0 Å². The van der Waals surface area contributed by atoms with Gasteiger partial charge in [0.25, 0.3) is 0 Å². The van der Waals surface area contributed by atoms with Crippen LogP contribution < -0.4 is 5.32 Å². The predicted octanol–water partition coefficient (Wildman–Crippen LogP) is 3.13. The van der Waals surface area contributed by atoms with Crippen molar-refractivity contribution in [3.63, 3.8) is 0 Å². The van der Waals surface area contributed by atoms with Crippen LogP contribution in [0.1, 0.15) is 31.4 Å². The van der Waals surface area contributed by atoms with Gasteiger partial charge in [-0.15, -0.1) is 6.58 Å². The van der Waals surface area contributed by atoms with Crippen LogP contribution in [0.25, 0.3) is 0 Å². The van der Waals surface area contributed by atoms with Crippen molar-refractivity contribution < 1.29 is 9.53 Å². The largest absolute Gasteiger partial charge is 0.469 e. The summed E-state index contributed by atoms with van der Waals surface area (Å²) in [5.74, 6) is 0.477. The fraction of sp³-hybridized carbons (Fsp3) is 0.500. The summed E-state index contributed by atoms with van der Waals surface area (Å²) in [6, 6.07) is 8.73. The van der Waals surface area contributed by atoms with Crippen molar-refractivity contribution in [3.05, 3.63) is 48.0 Å². The third kappa shape index (κ3) is 7.09. The Kier molecular flexibility index (Phi) is 7.76. The average molecular weight is 289 g/mol. The van der Waals surface area contributed by atoms with Crippen LogP contribution in [0.15, 0.2) is 36.9 Å². The summed E-state index contributed by atoms with van der Waals surface area (Å²) in [5.41, 5.74) is 2.59. The zero-order valence-electron chi connectivity index (χ0n) is 13.4. The van der Waals surface area contributed by atoms with E-state index in [0.717, 1.165) is 12.8 Å². The van der Waals surface area contributed by atoms with Crippen LogP contribution >= 0.6 is 0 Å². The summed E-state index contributed by atoms with van der Waals surface area (Å²) in [6.45, 7) is 8.83. The molecule has 1 aromatic rings. The van der Waals surface area contributed by atoms with Gasteiger partial charge in [0.05, 0.1) is 13.5 Å². The lowest BCUT2D eigenvalue weighted by atomic mass is 9.98. The smallest absolute Gasteiger partial charge is 0.307 e. The van der Waals surface area contributed by atoms with Gasteiger partial charge in [0.2, 0.25) is 0 Å². The highest BCUT2D eigenvalue weighted by molar-refractivity contribution is 5.70. The van der Waals surface area contributed by atoms with Crippen LogP contribution in [0, 0.1) is 5.92 Å². The SMILES string of the molecule is C=CCNC(CC(=O)OC)Cc1ccc(CC(C)C)cc1. The number of methoxy groups -OCH3 is 1. The molecule has 1 atom stereocenters. The molecular formula is C18H27NO2. The Bertz CT molecular complexity index is 437. The van der Waals surface area contributed by atoms with Crippen LogP contribution in [0.5, 0.6) is 0 Å². The molecule has 0 amide bonds. The van der Waals surface area contributed by atoms with Crippen molar-refractivity contribution in [2.45, 2.75) is 39.2 Å². The molecule has 116 valence electrons. The molecule has 0 bridgehead atoms. The van der Waals surface area contributed by atoms with Gasteiger partial charge in [0.1, 0.15) is 0 Å². The Morgan fingerprint density at radius 3 is 2.29 bits per heavy atom. The molecule has 3 nitrogen and oxygen atoms in total. The third-order valence-electron chi connectivity index (χ3n) is 3.34. The van der Waals surface area contributed by atoms with E-state index in [1.165, 1.54) is 18.2 Å². The van der Waals surface area contributed by atoms with Gasteiger partial charge in [-0.2, -0.15) is 0 Å². The van der Waals surface area contributed by atoms with Crippen molar-refractivity contribution in [2.75, 3.05) is 13.7 Å². The summed E-state index contributed by atoms with van der Waals surface area (Å²) in [4.78, 5) is 11.5. The molecule has 0 heterocycles. The number of hydrogen-bond acceptors (Lipinski definition) is 3. The molecule has 1 N–H and O–H groups in total. The second kappa shape index (κ2) is 9.35. The van der Waals surface area contributed by atoms with Gasteiger partial charge in [0.15, 0.2) is 0 Å². The van der Waals surface area contributed by atoms with E-state index >= 15 is 0 Å². The molecule has 0 saturated carbocycles. The Morgan fingerprint density at radius 2 is 1.81 bits per heavy atom. The summed E-state index contributed by atoms with van der Waals surface area (Å²) in [7, 11) is 1.42. The topological polar surface area (TPSA) is 38.3 Å². The molecule has 0 aliphatic heterocycles.